The molecular weight excluding hydrogens is 224 g/mol. The van der Waals surface area contributed by atoms with E-state index >= 15 is 0 Å². The summed E-state index contributed by atoms with van der Waals surface area (Å²) in [5, 5.41) is 8.61. The number of benzene rings is 1. The summed E-state index contributed by atoms with van der Waals surface area (Å²) in [7, 11) is 0. The number of carbonyl (C=O) groups excluding carboxylic acids is 1. The van der Waals surface area contributed by atoms with E-state index in [-0.39, 0.29) is 12.2 Å². The first-order chi connectivity index (χ1) is 7.54. The SMILES string of the molecule is CSc1ccc(C(=O)C(C)CC(=O)O)cc1. The van der Waals surface area contributed by atoms with Crippen LogP contribution >= 0.6 is 11.8 Å². The van der Waals surface area contributed by atoms with Crippen LogP contribution in [0.5, 0.6) is 0 Å². The lowest BCUT2D eigenvalue weighted by molar-refractivity contribution is -0.137. The molecule has 1 aromatic rings. The second kappa shape index (κ2) is 5.70. The Bertz CT molecular complexity index is 384. The molecule has 0 aliphatic carbocycles. The Morgan fingerprint density at radius 2 is 1.88 bits per heavy atom. The molecule has 0 amide bonds. The molecule has 3 nitrogen and oxygen atoms in total. The lowest BCUT2D eigenvalue weighted by Gasteiger charge is -2.07. The molecule has 0 heterocycles. The average molecular weight is 238 g/mol. The van der Waals surface area contributed by atoms with E-state index < -0.39 is 11.9 Å². The van der Waals surface area contributed by atoms with Gasteiger partial charge in [-0.2, -0.15) is 0 Å². The number of thioether (sulfide) groups is 1. The summed E-state index contributed by atoms with van der Waals surface area (Å²) in [4.78, 5) is 23.4. The molecule has 1 rings (SSSR count). The molecule has 0 saturated heterocycles. The van der Waals surface area contributed by atoms with Crippen LogP contribution in [0.1, 0.15) is 23.7 Å². The van der Waals surface area contributed by atoms with Crippen molar-refractivity contribution in [2.75, 3.05) is 6.26 Å². The lowest BCUT2D eigenvalue weighted by atomic mass is 9.97. The van der Waals surface area contributed by atoms with Gasteiger partial charge in [-0.25, -0.2) is 0 Å². The third kappa shape index (κ3) is 3.38. The van der Waals surface area contributed by atoms with Gasteiger partial charge in [-0.1, -0.05) is 19.1 Å². The number of Topliss-reactive ketones (excluding diaryl/α,β-unsaturated/α-hetero) is 1. The number of hydrogen-bond donors (Lipinski definition) is 1. The lowest BCUT2D eigenvalue weighted by Crippen LogP contribution is -2.15. The largest absolute Gasteiger partial charge is 0.481 e. The maximum absolute atomic E-state index is 11.8. The van der Waals surface area contributed by atoms with Crippen LogP contribution in [-0.4, -0.2) is 23.1 Å². The highest BCUT2D eigenvalue weighted by molar-refractivity contribution is 7.98. The van der Waals surface area contributed by atoms with Crippen molar-refractivity contribution in [2.24, 2.45) is 5.92 Å². The summed E-state index contributed by atoms with van der Waals surface area (Å²) in [6, 6.07) is 7.22. The Kier molecular flexibility index (Phi) is 4.55. The zero-order valence-corrected chi connectivity index (χ0v) is 10.1. The third-order valence-electron chi connectivity index (χ3n) is 2.30. The fourth-order valence-corrected chi connectivity index (χ4v) is 1.80. The van der Waals surface area contributed by atoms with E-state index in [0.717, 1.165) is 4.90 Å². The molecule has 0 aromatic heterocycles. The van der Waals surface area contributed by atoms with Gasteiger partial charge in [0.25, 0.3) is 0 Å². The van der Waals surface area contributed by atoms with E-state index in [1.54, 1.807) is 30.8 Å². The summed E-state index contributed by atoms with van der Waals surface area (Å²) in [5.74, 6) is -1.53. The van der Waals surface area contributed by atoms with Crippen molar-refractivity contribution in [1.82, 2.24) is 0 Å². The number of hydrogen-bond acceptors (Lipinski definition) is 3. The maximum atomic E-state index is 11.8. The zero-order valence-electron chi connectivity index (χ0n) is 9.27. The standard InChI is InChI=1S/C12H14O3S/c1-8(7-11(13)14)12(15)9-3-5-10(16-2)6-4-9/h3-6,8H,7H2,1-2H3,(H,13,14). The topological polar surface area (TPSA) is 54.4 Å². The van der Waals surface area contributed by atoms with Gasteiger partial charge in [-0.15, -0.1) is 11.8 Å². The summed E-state index contributed by atoms with van der Waals surface area (Å²) < 4.78 is 0. The van der Waals surface area contributed by atoms with Gasteiger partial charge in [0.15, 0.2) is 5.78 Å². The van der Waals surface area contributed by atoms with E-state index in [9.17, 15) is 9.59 Å². The average Bonchev–Trinajstić information content (AvgIpc) is 2.27. The molecule has 1 atom stereocenters. The summed E-state index contributed by atoms with van der Waals surface area (Å²) in [6.45, 7) is 1.64. The predicted molar refractivity (Wildman–Crippen MR) is 64.0 cm³/mol. The van der Waals surface area contributed by atoms with Crippen molar-refractivity contribution >= 4 is 23.5 Å². The Labute approximate surface area is 98.9 Å². The quantitative estimate of drug-likeness (QED) is 0.633. The number of carboxylic acid groups (broad SMARTS) is 1. The molecule has 0 fully saturated rings. The highest BCUT2D eigenvalue weighted by Crippen LogP contribution is 2.17. The molecule has 0 bridgehead atoms. The van der Waals surface area contributed by atoms with Crippen LogP contribution < -0.4 is 0 Å². The number of carbonyl (C=O) groups is 2. The van der Waals surface area contributed by atoms with Crippen LogP contribution in [0.25, 0.3) is 0 Å². The van der Waals surface area contributed by atoms with E-state index in [4.69, 9.17) is 5.11 Å². The molecule has 1 aromatic carbocycles. The van der Waals surface area contributed by atoms with Crippen LogP contribution in [0.4, 0.5) is 0 Å². The zero-order chi connectivity index (χ0) is 12.1. The first-order valence-corrected chi connectivity index (χ1v) is 6.17. The number of rotatable bonds is 5. The van der Waals surface area contributed by atoms with Gasteiger partial charge in [0.05, 0.1) is 6.42 Å². The number of ketones is 1. The summed E-state index contributed by atoms with van der Waals surface area (Å²) >= 11 is 1.60. The van der Waals surface area contributed by atoms with Crippen LogP contribution in [0.15, 0.2) is 29.2 Å². The van der Waals surface area contributed by atoms with Crippen LogP contribution in [0.2, 0.25) is 0 Å². The monoisotopic (exact) mass is 238 g/mol. The normalized spacial score (nSPS) is 12.1. The van der Waals surface area contributed by atoms with Gasteiger partial charge in [0.1, 0.15) is 0 Å². The molecule has 1 N–H and O–H groups in total. The molecule has 0 saturated carbocycles. The van der Waals surface area contributed by atoms with Crippen molar-refractivity contribution in [3.05, 3.63) is 29.8 Å². The van der Waals surface area contributed by atoms with Gasteiger partial charge >= 0.3 is 5.97 Å². The van der Waals surface area contributed by atoms with Crippen molar-refractivity contribution in [2.45, 2.75) is 18.2 Å². The summed E-state index contributed by atoms with van der Waals surface area (Å²) in [5.41, 5.74) is 0.576. The van der Waals surface area contributed by atoms with Gasteiger partial charge in [0, 0.05) is 16.4 Å². The minimum absolute atomic E-state index is 0.116. The van der Waals surface area contributed by atoms with Crippen LogP contribution in [0.3, 0.4) is 0 Å². The molecule has 16 heavy (non-hydrogen) atoms. The maximum Gasteiger partial charge on any atom is 0.304 e. The van der Waals surface area contributed by atoms with E-state index in [1.807, 2.05) is 18.4 Å². The molecule has 0 radical (unpaired) electrons. The van der Waals surface area contributed by atoms with Gasteiger partial charge in [-0.05, 0) is 18.4 Å². The van der Waals surface area contributed by atoms with Gasteiger partial charge in [-0.3, -0.25) is 9.59 Å². The Hall–Kier alpha value is -1.29. The molecule has 0 aliphatic rings. The van der Waals surface area contributed by atoms with E-state index in [1.165, 1.54) is 0 Å². The smallest absolute Gasteiger partial charge is 0.304 e. The first kappa shape index (κ1) is 12.8. The Morgan fingerprint density at radius 1 is 1.31 bits per heavy atom. The second-order valence-corrected chi connectivity index (χ2v) is 4.47. The molecule has 0 spiro atoms. The summed E-state index contributed by atoms with van der Waals surface area (Å²) in [6.07, 6.45) is 1.84. The molecule has 0 aliphatic heterocycles. The van der Waals surface area contributed by atoms with Crippen molar-refractivity contribution < 1.29 is 14.7 Å². The van der Waals surface area contributed by atoms with E-state index in [0.29, 0.717) is 5.56 Å². The van der Waals surface area contributed by atoms with Gasteiger partial charge in [0.2, 0.25) is 0 Å². The molecular formula is C12H14O3S. The Morgan fingerprint density at radius 3 is 2.31 bits per heavy atom. The third-order valence-corrected chi connectivity index (χ3v) is 3.05. The molecule has 4 heteroatoms. The van der Waals surface area contributed by atoms with Crippen molar-refractivity contribution in [3.63, 3.8) is 0 Å². The Balaban J connectivity index is 2.75. The fraction of sp³-hybridized carbons (Fsp3) is 0.333. The number of aliphatic carboxylic acids is 1. The van der Waals surface area contributed by atoms with Crippen molar-refractivity contribution in [1.29, 1.82) is 0 Å². The number of carboxylic acids is 1. The minimum atomic E-state index is -0.943. The van der Waals surface area contributed by atoms with Crippen molar-refractivity contribution in [3.8, 4) is 0 Å². The van der Waals surface area contributed by atoms with Crippen LogP contribution in [-0.2, 0) is 4.79 Å². The fourth-order valence-electron chi connectivity index (χ4n) is 1.39. The molecule has 1 unspecified atom stereocenters. The predicted octanol–water partition coefficient (Wildman–Crippen LogP) is 2.70. The van der Waals surface area contributed by atoms with Gasteiger partial charge < -0.3 is 5.11 Å². The highest BCUT2D eigenvalue weighted by atomic mass is 32.2. The minimum Gasteiger partial charge on any atom is -0.481 e. The molecule has 86 valence electrons. The second-order valence-electron chi connectivity index (χ2n) is 3.59. The van der Waals surface area contributed by atoms with Crippen LogP contribution in [0, 0.1) is 5.92 Å². The van der Waals surface area contributed by atoms with E-state index in [2.05, 4.69) is 0 Å². The highest BCUT2D eigenvalue weighted by Gasteiger charge is 2.17. The first-order valence-electron chi connectivity index (χ1n) is 4.94.